The highest BCUT2D eigenvalue weighted by Gasteiger charge is 2.24. The average Bonchev–Trinajstić information content (AvgIpc) is 3.25. The van der Waals surface area contributed by atoms with Gasteiger partial charge in [0.15, 0.2) is 0 Å². The molecule has 5 rings (SSSR count). The van der Waals surface area contributed by atoms with Crippen molar-refractivity contribution in [1.82, 2.24) is 9.78 Å². The van der Waals surface area contributed by atoms with E-state index in [1.165, 1.54) is 28.5 Å². The monoisotopic (exact) mass is 329 g/mol. The van der Waals surface area contributed by atoms with Gasteiger partial charge in [-0.25, -0.2) is 9.07 Å². The van der Waals surface area contributed by atoms with Crippen LogP contribution in [0.3, 0.4) is 0 Å². The highest BCUT2D eigenvalue weighted by molar-refractivity contribution is 5.88. The standard InChI is InChI=1S/C21H16FN3/c22-17-7-9-18(10-8-17)25-21-19(11-12-23-21)20(24-25)16-6-5-14-3-1-2-4-15(14)13-16/h1-10,13,23H,11-12H2. The van der Waals surface area contributed by atoms with E-state index in [2.05, 4.69) is 41.7 Å². The molecule has 0 saturated carbocycles. The predicted octanol–water partition coefficient (Wildman–Crippen LogP) is 4.80. The fourth-order valence-electron chi connectivity index (χ4n) is 3.51. The number of hydrogen-bond donors (Lipinski definition) is 1. The number of benzene rings is 3. The van der Waals surface area contributed by atoms with Gasteiger partial charge in [-0.3, -0.25) is 0 Å². The van der Waals surface area contributed by atoms with Crippen molar-refractivity contribution in [2.24, 2.45) is 0 Å². The summed E-state index contributed by atoms with van der Waals surface area (Å²) < 4.78 is 15.1. The molecule has 4 heteroatoms. The van der Waals surface area contributed by atoms with Crippen LogP contribution in [0.25, 0.3) is 27.7 Å². The summed E-state index contributed by atoms with van der Waals surface area (Å²) in [5, 5.41) is 10.7. The molecule has 0 aliphatic carbocycles. The summed E-state index contributed by atoms with van der Waals surface area (Å²) in [6.45, 7) is 0.898. The molecule has 0 atom stereocenters. The molecule has 0 bridgehead atoms. The number of nitrogens with one attached hydrogen (secondary N) is 1. The van der Waals surface area contributed by atoms with E-state index in [4.69, 9.17) is 5.10 Å². The van der Waals surface area contributed by atoms with Gasteiger partial charge in [0, 0.05) is 17.7 Å². The molecule has 3 aromatic carbocycles. The summed E-state index contributed by atoms with van der Waals surface area (Å²) in [6, 6.07) is 21.2. The van der Waals surface area contributed by atoms with Gasteiger partial charge in [0.25, 0.3) is 0 Å². The second-order valence-corrected chi connectivity index (χ2v) is 6.30. The maximum atomic E-state index is 13.2. The molecule has 0 spiro atoms. The van der Waals surface area contributed by atoms with Crippen molar-refractivity contribution in [3.05, 3.63) is 78.1 Å². The molecule has 1 N–H and O–H groups in total. The Morgan fingerprint density at radius 1 is 0.920 bits per heavy atom. The first-order valence-corrected chi connectivity index (χ1v) is 8.40. The number of anilines is 1. The molecule has 0 radical (unpaired) electrons. The number of rotatable bonds is 2. The zero-order valence-corrected chi connectivity index (χ0v) is 13.5. The molecule has 2 heterocycles. The summed E-state index contributed by atoms with van der Waals surface area (Å²) in [6.07, 6.45) is 0.943. The molecule has 122 valence electrons. The van der Waals surface area contributed by atoms with Crippen LogP contribution in [0.2, 0.25) is 0 Å². The number of halogens is 1. The number of fused-ring (bicyclic) bond motifs is 2. The third-order valence-electron chi connectivity index (χ3n) is 4.75. The van der Waals surface area contributed by atoms with E-state index >= 15 is 0 Å². The lowest BCUT2D eigenvalue weighted by Gasteiger charge is -2.06. The second-order valence-electron chi connectivity index (χ2n) is 6.30. The molecule has 0 unspecified atom stereocenters. The molecular weight excluding hydrogens is 313 g/mol. The second kappa shape index (κ2) is 5.45. The Labute approximate surface area is 144 Å². The van der Waals surface area contributed by atoms with Crippen molar-refractivity contribution in [2.75, 3.05) is 11.9 Å². The van der Waals surface area contributed by atoms with Gasteiger partial charge in [-0.05, 0) is 47.5 Å². The van der Waals surface area contributed by atoms with Gasteiger partial charge in [-0.15, -0.1) is 0 Å². The molecule has 1 aliphatic rings. The Balaban J connectivity index is 1.68. The quantitative estimate of drug-likeness (QED) is 0.572. The largest absolute Gasteiger partial charge is 0.369 e. The normalized spacial score (nSPS) is 13.0. The lowest BCUT2D eigenvalue weighted by atomic mass is 10.0. The van der Waals surface area contributed by atoms with Gasteiger partial charge in [0.05, 0.1) is 11.4 Å². The molecule has 0 fully saturated rings. The maximum absolute atomic E-state index is 13.2. The summed E-state index contributed by atoms with van der Waals surface area (Å²) in [7, 11) is 0. The van der Waals surface area contributed by atoms with Crippen LogP contribution < -0.4 is 5.32 Å². The molecule has 1 aliphatic heterocycles. The van der Waals surface area contributed by atoms with Crippen molar-refractivity contribution in [3.63, 3.8) is 0 Å². The Bertz CT molecular complexity index is 1080. The first-order valence-electron chi connectivity index (χ1n) is 8.40. The summed E-state index contributed by atoms with van der Waals surface area (Å²) in [5.74, 6) is 0.769. The van der Waals surface area contributed by atoms with Gasteiger partial charge < -0.3 is 5.32 Å². The van der Waals surface area contributed by atoms with Crippen LogP contribution in [0.1, 0.15) is 5.56 Å². The Morgan fingerprint density at radius 2 is 1.72 bits per heavy atom. The zero-order chi connectivity index (χ0) is 16.8. The van der Waals surface area contributed by atoms with Crippen LogP contribution in [-0.4, -0.2) is 16.3 Å². The minimum Gasteiger partial charge on any atom is -0.369 e. The molecule has 0 saturated heterocycles. The van der Waals surface area contributed by atoms with E-state index in [0.29, 0.717) is 0 Å². The van der Waals surface area contributed by atoms with E-state index in [9.17, 15) is 4.39 Å². The van der Waals surface area contributed by atoms with E-state index in [-0.39, 0.29) is 5.82 Å². The first-order chi connectivity index (χ1) is 12.3. The highest BCUT2D eigenvalue weighted by Crippen LogP contribution is 2.35. The first kappa shape index (κ1) is 14.2. The molecule has 1 aromatic heterocycles. The van der Waals surface area contributed by atoms with Gasteiger partial charge in [0.2, 0.25) is 0 Å². The minimum absolute atomic E-state index is 0.240. The van der Waals surface area contributed by atoms with Crippen LogP contribution in [0, 0.1) is 5.82 Å². The van der Waals surface area contributed by atoms with Crippen molar-refractivity contribution < 1.29 is 4.39 Å². The van der Waals surface area contributed by atoms with Crippen molar-refractivity contribution >= 4 is 16.6 Å². The van der Waals surface area contributed by atoms with E-state index < -0.39 is 0 Å². The van der Waals surface area contributed by atoms with E-state index in [0.717, 1.165) is 35.7 Å². The summed E-state index contributed by atoms with van der Waals surface area (Å²) in [5.41, 5.74) is 4.19. The Morgan fingerprint density at radius 3 is 2.56 bits per heavy atom. The highest BCUT2D eigenvalue weighted by atomic mass is 19.1. The van der Waals surface area contributed by atoms with Crippen LogP contribution in [0.5, 0.6) is 0 Å². The average molecular weight is 329 g/mol. The van der Waals surface area contributed by atoms with Crippen molar-refractivity contribution in [1.29, 1.82) is 0 Å². The third kappa shape index (κ3) is 2.30. The predicted molar refractivity (Wildman–Crippen MR) is 98.7 cm³/mol. The minimum atomic E-state index is -0.240. The molecule has 3 nitrogen and oxygen atoms in total. The fraction of sp³-hybridized carbons (Fsp3) is 0.0952. The van der Waals surface area contributed by atoms with Crippen molar-refractivity contribution in [3.8, 4) is 16.9 Å². The van der Waals surface area contributed by atoms with Gasteiger partial charge in [0.1, 0.15) is 11.6 Å². The Hall–Kier alpha value is -3.14. The molecule has 4 aromatic rings. The van der Waals surface area contributed by atoms with E-state index in [1.807, 2.05) is 10.7 Å². The molecule has 0 amide bonds. The van der Waals surface area contributed by atoms with Crippen LogP contribution in [0.15, 0.2) is 66.7 Å². The third-order valence-corrected chi connectivity index (χ3v) is 4.75. The lowest BCUT2D eigenvalue weighted by Crippen LogP contribution is -2.04. The van der Waals surface area contributed by atoms with Crippen LogP contribution in [-0.2, 0) is 6.42 Å². The van der Waals surface area contributed by atoms with Gasteiger partial charge in [-0.2, -0.15) is 5.10 Å². The summed E-state index contributed by atoms with van der Waals surface area (Å²) in [4.78, 5) is 0. The lowest BCUT2D eigenvalue weighted by molar-refractivity contribution is 0.627. The SMILES string of the molecule is Fc1ccc(-n2nc(-c3ccc4ccccc4c3)c3c2NCC3)cc1. The maximum Gasteiger partial charge on any atom is 0.133 e. The van der Waals surface area contributed by atoms with Crippen molar-refractivity contribution in [2.45, 2.75) is 6.42 Å². The molecular formula is C21H16FN3. The number of hydrogen-bond acceptors (Lipinski definition) is 2. The fourth-order valence-corrected chi connectivity index (χ4v) is 3.51. The topological polar surface area (TPSA) is 29.9 Å². The summed E-state index contributed by atoms with van der Waals surface area (Å²) >= 11 is 0. The Kier molecular flexibility index (Phi) is 3.10. The zero-order valence-electron chi connectivity index (χ0n) is 13.5. The van der Waals surface area contributed by atoms with E-state index in [1.54, 1.807) is 12.1 Å². The van der Waals surface area contributed by atoms with Crippen LogP contribution >= 0.6 is 0 Å². The number of aromatic nitrogens is 2. The van der Waals surface area contributed by atoms with Gasteiger partial charge in [-0.1, -0.05) is 36.4 Å². The van der Waals surface area contributed by atoms with Gasteiger partial charge >= 0.3 is 0 Å². The smallest absolute Gasteiger partial charge is 0.133 e. The molecule has 25 heavy (non-hydrogen) atoms. The van der Waals surface area contributed by atoms with Crippen LogP contribution in [0.4, 0.5) is 10.2 Å². The number of nitrogens with zero attached hydrogens (tertiary/aromatic N) is 2.